The Labute approximate surface area is 126 Å². The molecule has 3 fully saturated rings. The zero-order valence-corrected chi connectivity index (χ0v) is 12.5. The average molecular weight is 284 g/mol. The van der Waals surface area contributed by atoms with Crippen LogP contribution in [0.15, 0.2) is 22.8 Å². The summed E-state index contributed by atoms with van der Waals surface area (Å²) in [5.74, 6) is 4.72. The molecule has 1 aromatic rings. The lowest BCUT2D eigenvalue weighted by Gasteiger charge is -2.52. The highest BCUT2D eigenvalue weighted by molar-refractivity contribution is 5.53. The summed E-state index contributed by atoms with van der Waals surface area (Å²) in [6, 6.07) is 2.20. The molecule has 0 saturated heterocycles. The van der Waals surface area contributed by atoms with Gasteiger partial charge in [-0.1, -0.05) is 6.08 Å². The first kappa shape index (κ1) is 12.5. The highest BCUT2D eigenvalue weighted by Crippen LogP contribution is 2.66. The summed E-state index contributed by atoms with van der Waals surface area (Å²) in [5.41, 5.74) is 2.00. The summed E-state index contributed by atoms with van der Waals surface area (Å²) >= 11 is 0. The minimum Gasteiger partial charge on any atom is -0.465 e. The molecule has 2 nitrogen and oxygen atoms in total. The van der Waals surface area contributed by atoms with E-state index in [1.807, 2.05) is 6.26 Å². The topological polar surface area (TPSA) is 33.4 Å². The number of fused-ring (bicyclic) bond motifs is 5. The lowest BCUT2D eigenvalue weighted by Crippen LogP contribution is -2.43. The first-order chi connectivity index (χ1) is 10.3. The standard InChI is InChI=1S/C19H24O2/c20-11-13-10-19-7-5-14-15(17(19)3-1-12(13)9-19)2-4-18-16(14)6-8-21-18/h2,4,6,8,12-15,17,20H,1,3,5,7,9-11H2/t12-,13?,14+,15?,17?,19?/m1/s1. The SMILES string of the molecule is OCC1CC23CC[C@@H]4c5ccoc5C=CC4C2CC[C@@H]1C3. The second-order valence-corrected chi connectivity index (χ2v) is 7.98. The molecule has 2 heteroatoms. The van der Waals surface area contributed by atoms with Gasteiger partial charge in [-0.15, -0.1) is 0 Å². The van der Waals surface area contributed by atoms with Gasteiger partial charge in [-0.05, 0) is 85.7 Å². The molecule has 0 amide bonds. The molecule has 4 aliphatic carbocycles. The molecule has 2 bridgehead atoms. The Balaban J connectivity index is 1.52. The highest BCUT2D eigenvalue weighted by Gasteiger charge is 2.57. The predicted molar refractivity (Wildman–Crippen MR) is 81.7 cm³/mol. The van der Waals surface area contributed by atoms with Crippen LogP contribution >= 0.6 is 0 Å². The van der Waals surface area contributed by atoms with Gasteiger partial charge in [0.05, 0.1) is 6.26 Å². The van der Waals surface area contributed by atoms with Gasteiger partial charge >= 0.3 is 0 Å². The van der Waals surface area contributed by atoms with Crippen LogP contribution in [0, 0.1) is 29.1 Å². The molecule has 1 spiro atoms. The zero-order chi connectivity index (χ0) is 14.0. The Bertz CT molecular complexity index is 586. The van der Waals surface area contributed by atoms with Crippen LogP contribution in [0.4, 0.5) is 0 Å². The third-order valence-electron chi connectivity index (χ3n) is 7.35. The van der Waals surface area contributed by atoms with E-state index in [-0.39, 0.29) is 0 Å². The van der Waals surface area contributed by atoms with E-state index in [0.717, 1.165) is 17.6 Å². The Morgan fingerprint density at radius 3 is 3.10 bits per heavy atom. The third kappa shape index (κ3) is 1.57. The smallest absolute Gasteiger partial charge is 0.129 e. The van der Waals surface area contributed by atoms with Crippen LogP contribution in [0.2, 0.25) is 0 Å². The summed E-state index contributed by atoms with van der Waals surface area (Å²) in [6.45, 7) is 0.412. The fraction of sp³-hybridized carbons (Fsp3) is 0.684. The van der Waals surface area contributed by atoms with Gasteiger partial charge in [-0.2, -0.15) is 0 Å². The van der Waals surface area contributed by atoms with Crippen LogP contribution < -0.4 is 0 Å². The van der Waals surface area contributed by atoms with Crippen LogP contribution in [0.25, 0.3) is 6.08 Å². The number of allylic oxidation sites excluding steroid dienone is 1. The molecule has 5 rings (SSSR count). The van der Waals surface area contributed by atoms with Crippen molar-refractivity contribution in [1.82, 2.24) is 0 Å². The number of furan rings is 1. The van der Waals surface area contributed by atoms with Gasteiger partial charge in [0.25, 0.3) is 0 Å². The molecule has 0 radical (unpaired) electrons. The van der Waals surface area contributed by atoms with E-state index in [4.69, 9.17) is 4.42 Å². The first-order valence-electron chi connectivity index (χ1n) is 8.67. The fourth-order valence-corrected chi connectivity index (χ4v) is 6.52. The summed E-state index contributed by atoms with van der Waals surface area (Å²) in [4.78, 5) is 0. The molecule has 1 N–H and O–H groups in total. The second-order valence-electron chi connectivity index (χ2n) is 7.98. The normalized spacial score (nSPS) is 46.8. The maximum absolute atomic E-state index is 9.71. The number of aliphatic hydroxyl groups is 1. The Morgan fingerprint density at radius 1 is 1.24 bits per heavy atom. The summed E-state index contributed by atoms with van der Waals surface area (Å²) in [6.07, 6.45) is 14.6. The molecule has 6 atom stereocenters. The molecule has 3 saturated carbocycles. The summed E-state index contributed by atoms with van der Waals surface area (Å²) < 4.78 is 5.62. The number of rotatable bonds is 1. The van der Waals surface area contributed by atoms with Crippen molar-refractivity contribution in [3.63, 3.8) is 0 Å². The first-order valence-corrected chi connectivity index (χ1v) is 8.67. The molecule has 4 aliphatic rings. The van der Waals surface area contributed by atoms with E-state index in [9.17, 15) is 5.11 Å². The van der Waals surface area contributed by atoms with Gasteiger partial charge in [0.15, 0.2) is 0 Å². The Hall–Kier alpha value is -1.02. The van der Waals surface area contributed by atoms with Crippen LogP contribution in [0.5, 0.6) is 0 Å². The molecular weight excluding hydrogens is 260 g/mol. The lowest BCUT2D eigenvalue weighted by atomic mass is 9.52. The van der Waals surface area contributed by atoms with Gasteiger partial charge in [-0.25, -0.2) is 0 Å². The number of aliphatic hydroxyl groups excluding tert-OH is 1. The number of hydrogen-bond donors (Lipinski definition) is 1. The second kappa shape index (κ2) is 4.25. The van der Waals surface area contributed by atoms with Crippen LogP contribution in [-0.4, -0.2) is 11.7 Å². The Kier molecular flexibility index (Phi) is 2.54. The molecule has 112 valence electrons. The van der Waals surface area contributed by atoms with Crippen molar-refractivity contribution in [1.29, 1.82) is 0 Å². The molecule has 1 aromatic heterocycles. The van der Waals surface area contributed by atoms with Crippen molar-refractivity contribution < 1.29 is 9.52 Å². The monoisotopic (exact) mass is 284 g/mol. The van der Waals surface area contributed by atoms with E-state index in [2.05, 4.69) is 18.2 Å². The minimum absolute atomic E-state index is 0.412. The van der Waals surface area contributed by atoms with Gasteiger partial charge in [0.1, 0.15) is 5.76 Å². The van der Waals surface area contributed by atoms with Gasteiger partial charge in [-0.3, -0.25) is 0 Å². The third-order valence-corrected chi connectivity index (χ3v) is 7.35. The van der Waals surface area contributed by atoms with E-state index in [0.29, 0.717) is 29.8 Å². The van der Waals surface area contributed by atoms with Crippen molar-refractivity contribution >= 4 is 6.08 Å². The zero-order valence-electron chi connectivity index (χ0n) is 12.5. The highest BCUT2D eigenvalue weighted by atomic mass is 16.3. The van der Waals surface area contributed by atoms with Crippen LogP contribution in [0.1, 0.15) is 55.8 Å². The van der Waals surface area contributed by atoms with Crippen molar-refractivity contribution in [3.05, 3.63) is 29.7 Å². The molecule has 21 heavy (non-hydrogen) atoms. The maximum Gasteiger partial charge on any atom is 0.129 e. The van der Waals surface area contributed by atoms with Crippen molar-refractivity contribution in [2.75, 3.05) is 6.61 Å². The van der Waals surface area contributed by atoms with Gasteiger partial charge in [0.2, 0.25) is 0 Å². The Morgan fingerprint density at radius 2 is 2.19 bits per heavy atom. The van der Waals surface area contributed by atoms with Crippen molar-refractivity contribution in [2.24, 2.45) is 29.1 Å². The largest absolute Gasteiger partial charge is 0.465 e. The molecule has 4 unspecified atom stereocenters. The average Bonchev–Trinajstić information content (AvgIpc) is 3.09. The molecule has 1 heterocycles. The molecule has 0 aliphatic heterocycles. The fourth-order valence-electron chi connectivity index (χ4n) is 6.52. The van der Waals surface area contributed by atoms with E-state index < -0.39 is 0 Å². The van der Waals surface area contributed by atoms with Crippen LogP contribution in [-0.2, 0) is 0 Å². The van der Waals surface area contributed by atoms with Gasteiger partial charge in [0, 0.05) is 12.2 Å². The van der Waals surface area contributed by atoms with Crippen molar-refractivity contribution in [2.45, 2.75) is 44.4 Å². The maximum atomic E-state index is 9.71. The van der Waals surface area contributed by atoms with E-state index in [1.165, 1.54) is 44.1 Å². The van der Waals surface area contributed by atoms with Crippen LogP contribution in [0.3, 0.4) is 0 Å². The van der Waals surface area contributed by atoms with E-state index in [1.54, 1.807) is 0 Å². The quantitative estimate of drug-likeness (QED) is 0.838. The summed E-state index contributed by atoms with van der Waals surface area (Å²) in [5, 5.41) is 9.71. The van der Waals surface area contributed by atoms with Gasteiger partial charge < -0.3 is 9.52 Å². The molecular formula is C19H24O2. The minimum atomic E-state index is 0.412. The number of hydrogen-bond acceptors (Lipinski definition) is 2. The van der Waals surface area contributed by atoms with Crippen molar-refractivity contribution in [3.8, 4) is 0 Å². The lowest BCUT2D eigenvalue weighted by molar-refractivity contribution is 0.0184. The summed E-state index contributed by atoms with van der Waals surface area (Å²) in [7, 11) is 0. The predicted octanol–water partition coefficient (Wildman–Crippen LogP) is 4.21. The van der Waals surface area contributed by atoms with E-state index >= 15 is 0 Å². The molecule has 0 aromatic carbocycles.